The molecule has 2 N–H and O–H groups in total. The molecule has 0 bridgehead atoms. The first-order valence-electron chi connectivity index (χ1n) is 5.08. The second-order valence-electron chi connectivity index (χ2n) is 3.80. The van der Waals surface area contributed by atoms with Gasteiger partial charge in [0.2, 0.25) is 0 Å². The molecular formula is C12H15NOS. The van der Waals surface area contributed by atoms with Crippen LogP contribution in [0.15, 0.2) is 24.3 Å². The van der Waals surface area contributed by atoms with E-state index in [1.165, 1.54) is 4.88 Å². The third-order valence-corrected chi connectivity index (χ3v) is 3.71. The maximum absolute atomic E-state index is 9.67. The molecule has 15 heavy (non-hydrogen) atoms. The van der Waals surface area contributed by atoms with Crippen molar-refractivity contribution >= 4 is 21.4 Å². The highest BCUT2D eigenvalue weighted by molar-refractivity contribution is 7.19. The van der Waals surface area contributed by atoms with Crippen molar-refractivity contribution in [2.24, 2.45) is 0 Å². The summed E-state index contributed by atoms with van der Waals surface area (Å²) in [7, 11) is 1.97. The predicted octanol–water partition coefficient (Wildman–Crippen LogP) is 2.76. The summed E-state index contributed by atoms with van der Waals surface area (Å²) < 4.78 is 1.16. The summed E-state index contributed by atoms with van der Waals surface area (Å²) in [4.78, 5) is 1.31. The Morgan fingerprint density at radius 3 is 2.93 bits per heavy atom. The molecule has 1 unspecified atom stereocenters. The molecule has 0 aliphatic rings. The van der Waals surface area contributed by atoms with Crippen LogP contribution in [0.2, 0.25) is 0 Å². The highest BCUT2D eigenvalue weighted by Crippen LogP contribution is 2.32. The summed E-state index contributed by atoms with van der Waals surface area (Å²) in [6, 6.07) is 8.23. The van der Waals surface area contributed by atoms with Gasteiger partial charge in [-0.15, -0.1) is 11.3 Å². The lowest BCUT2D eigenvalue weighted by Crippen LogP contribution is -2.22. The van der Waals surface area contributed by atoms with Gasteiger partial charge in [0.25, 0.3) is 0 Å². The van der Waals surface area contributed by atoms with Crippen molar-refractivity contribution in [3.63, 3.8) is 0 Å². The summed E-state index contributed by atoms with van der Waals surface area (Å²) in [5.41, 5.74) is 0. The average Bonchev–Trinajstić information content (AvgIpc) is 2.62. The van der Waals surface area contributed by atoms with Gasteiger partial charge in [0.05, 0.1) is 0 Å². The topological polar surface area (TPSA) is 32.3 Å². The lowest BCUT2D eigenvalue weighted by atomic mass is 10.2. The van der Waals surface area contributed by atoms with Gasteiger partial charge in [0, 0.05) is 21.0 Å². The molecule has 2 nitrogen and oxygen atoms in total. The molecule has 80 valence electrons. The first-order valence-corrected chi connectivity index (χ1v) is 5.90. The number of nitrogens with one attached hydrogen (secondary N) is 1. The largest absolute Gasteiger partial charge is 0.507 e. The highest BCUT2D eigenvalue weighted by Gasteiger charge is 2.07. The maximum Gasteiger partial charge on any atom is 0.124 e. The van der Waals surface area contributed by atoms with E-state index in [0.29, 0.717) is 11.8 Å². The number of rotatable bonds is 3. The monoisotopic (exact) mass is 221 g/mol. The van der Waals surface area contributed by atoms with Crippen LogP contribution in [0.4, 0.5) is 0 Å². The third kappa shape index (κ3) is 2.13. The molecular weight excluding hydrogens is 206 g/mol. The molecule has 1 aromatic carbocycles. The van der Waals surface area contributed by atoms with Crippen molar-refractivity contribution in [3.8, 4) is 5.75 Å². The molecule has 1 atom stereocenters. The summed E-state index contributed by atoms with van der Waals surface area (Å²) in [6.07, 6.45) is 1.01. The fourth-order valence-electron chi connectivity index (χ4n) is 1.60. The van der Waals surface area contributed by atoms with Gasteiger partial charge in [-0.25, -0.2) is 0 Å². The van der Waals surface area contributed by atoms with Crippen LogP contribution >= 0.6 is 11.3 Å². The highest BCUT2D eigenvalue weighted by atomic mass is 32.1. The van der Waals surface area contributed by atoms with Gasteiger partial charge in [-0.3, -0.25) is 0 Å². The van der Waals surface area contributed by atoms with Crippen LogP contribution in [0.3, 0.4) is 0 Å². The molecule has 3 heteroatoms. The summed E-state index contributed by atoms with van der Waals surface area (Å²) in [5.74, 6) is 0.382. The maximum atomic E-state index is 9.67. The van der Waals surface area contributed by atoms with Crippen LogP contribution in [0.1, 0.15) is 11.8 Å². The van der Waals surface area contributed by atoms with Crippen LogP contribution in [-0.2, 0) is 6.42 Å². The number of hydrogen-bond donors (Lipinski definition) is 2. The molecule has 0 amide bonds. The van der Waals surface area contributed by atoms with Gasteiger partial charge in [0.15, 0.2) is 0 Å². The van der Waals surface area contributed by atoms with E-state index in [4.69, 9.17) is 0 Å². The second kappa shape index (κ2) is 4.21. The molecule has 2 aromatic rings. The third-order valence-electron chi connectivity index (χ3n) is 2.59. The van der Waals surface area contributed by atoms with Gasteiger partial charge < -0.3 is 10.4 Å². The average molecular weight is 221 g/mol. The number of thiophene rings is 1. The van der Waals surface area contributed by atoms with Crippen molar-refractivity contribution in [2.75, 3.05) is 7.05 Å². The molecule has 0 saturated carbocycles. The lowest BCUT2D eigenvalue weighted by molar-refractivity contribution is 0.482. The Hall–Kier alpha value is -1.06. The van der Waals surface area contributed by atoms with Crippen molar-refractivity contribution in [3.05, 3.63) is 29.1 Å². The first-order chi connectivity index (χ1) is 7.20. The SMILES string of the molecule is CNC(C)Cc1cc2c(O)cccc2s1. The minimum atomic E-state index is 0.382. The fraction of sp³-hybridized carbons (Fsp3) is 0.333. The Bertz CT molecular complexity index is 464. The Balaban J connectivity index is 2.35. The summed E-state index contributed by atoms with van der Waals surface area (Å²) in [5, 5.41) is 13.9. The van der Waals surface area contributed by atoms with Crippen molar-refractivity contribution in [1.29, 1.82) is 0 Å². The van der Waals surface area contributed by atoms with Gasteiger partial charge >= 0.3 is 0 Å². The number of likely N-dealkylation sites (N-methyl/N-ethyl adjacent to an activating group) is 1. The first kappa shape index (κ1) is 10.5. The standard InChI is InChI=1S/C12H15NOS/c1-8(13-2)6-9-7-10-11(14)4-3-5-12(10)15-9/h3-5,7-8,13-14H,6H2,1-2H3. The zero-order valence-corrected chi connectivity index (χ0v) is 9.77. The molecule has 0 saturated heterocycles. The van der Waals surface area contributed by atoms with E-state index in [1.54, 1.807) is 17.4 Å². The van der Waals surface area contributed by atoms with Crippen LogP contribution < -0.4 is 5.32 Å². The number of benzene rings is 1. The fourth-order valence-corrected chi connectivity index (χ4v) is 2.82. The Morgan fingerprint density at radius 2 is 2.27 bits per heavy atom. The number of aromatic hydroxyl groups is 1. The molecule has 0 fully saturated rings. The van der Waals surface area contributed by atoms with Crippen LogP contribution in [0.25, 0.3) is 10.1 Å². The van der Waals surface area contributed by atoms with Crippen LogP contribution in [0, 0.1) is 0 Å². The van der Waals surface area contributed by atoms with E-state index in [1.807, 2.05) is 19.2 Å². The summed E-state index contributed by atoms with van der Waals surface area (Å²) in [6.45, 7) is 2.16. The van der Waals surface area contributed by atoms with E-state index in [9.17, 15) is 5.11 Å². The number of hydrogen-bond acceptors (Lipinski definition) is 3. The second-order valence-corrected chi connectivity index (χ2v) is 4.96. The zero-order valence-electron chi connectivity index (χ0n) is 8.95. The molecule has 1 heterocycles. The van der Waals surface area contributed by atoms with E-state index in [-0.39, 0.29) is 0 Å². The smallest absolute Gasteiger partial charge is 0.124 e. The molecule has 0 aliphatic heterocycles. The van der Waals surface area contributed by atoms with Gasteiger partial charge in [-0.05, 0) is 38.6 Å². The van der Waals surface area contributed by atoms with Crippen molar-refractivity contribution in [1.82, 2.24) is 5.32 Å². The Kier molecular flexibility index (Phi) is 2.93. The molecule has 1 aromatic heterocycles. The van der Waals surface area contributed by atoms with Crippen molar-refractivity contribution in [2.45, 2.75) is 19.4 Å². The minimum Gasteiger partial charge on any atom is -0.507 e. The normalized spacial score (nSPS) is 13.2. The van der Waals surface area contributed by atoms with E-state index in [2.05, 4.69) is 18.3 Å². The summed E-state index contributed by atoms with van der Waals surface area (Å²) >= 11 is 1.76. The van der Waals surface area contributed by atoms with Crippen molar-refractivity contribution < 1.29 is 5.11 Å². The van der Waals surface area contributed by atoms with Gasteiger partial charge in [0.1, 0.15) is 5.75 Å². The number of phenols is 1. The molecule has 0 aliphatic carbocycles. The molecule has 0 radical (unpaired) electrons. The zero-order chi connectivity index (χ0) is 10.8. The van der Waals surface area contributed by atoms with E-state index in [0.717, 1.165) is 16.5 Å². The minimum absolute atomic E-state index is 0.382. The van der Waals surface area contributed by atoms with Crippen LogP contribution in [0.5, 0.6) is 5.75 Å². The lowest BCUT2D eigenvalue weighted by Gasteiger charge is -2.06. The van der Waals surface area contributed by atoms with E-state index < -0.39 is 0 Å². The quantitative estimate of drug-likeness (QED) is 0.835. The molecule has 2 rings (SSSR count). The van der Waals surface area contributed by atoms with Gasteiger partial charge in [-0.2, -0.15) is 0 Å². The van der Waals surface area contributed by atoms with E-state index >= 15 is 0 Å². The predicted molar refractivity (Wildman–Crippen MR) is 65.7 cm³/mol. The Labute approximate surface area is 93.6 Å². The van der Waals surface area contributed by atoms with Crippen LogP contribution in [-0.4, -0.2) is 18.2 Å². The molecule has 0 spiro atoms. The number of fused-ring (bicyclic) bond motifs is 1. The van der Waals surface area contributed by atoms with Gasteiger partial charge in [-0.1, -0.05) is 6.07 Å². The number of phenolic OH excluding ortho intramolecular Hbond substituents is 1. The Morgan fingerprint density at radius 1 is 1.47 bits per heavy atom.